The highest BCUT2D eigenvalue weighted by molar-refractivity contribution is 5.99. The fourth-order valence-electron chi connectivity index (χ4n) is 1.51. The molecule has 86 valence electrons. The molecule has 1 aromatic heterocycles. The predicted molar refractivity (Wildman–Crippen MR) is 62.7 cm³/mol. The SMILES string of the molecule is O/N=C(/Cc1ccc(F)cc1)c1ccccn1. The van der Waals surface area contributed by atoms with Gasteiger partial charge in [-0.05, 0) is 29.8 Å². The van der Waals surface area contributed by atoms with Crippen LogP contribution >= 0.6 is 0 Å². The van der Waals surface area contributed by atoms with E-state index in [0.717, 1.165) is 5.56 Å². The van der Waals surface area contributed by atoms with E-state index < -0.39 is 0 Å². The highest BCUT2D eigenvalue weighted by Gasteiger charge is 2.06. The summed E-state index contributed by atoms with van der Waals surface area (Å²) in [5.74, 6) is -0.283. The van der Waals surface area contributed by atoms with Gasteiger partial charge in [0.05, 0.1) is 5.69 Å². The Bertz CT molecular complexity index is 509. The zero-order chi connectivity index (χ0) is 12.1. The summed E-state index contributed by atoms with van der Waals surface area (Å²) >= 11 is 0. The summed E-state index contributed by atoms with van der Waals surface area (Å²) in [5.41, 5.74) is 1.93. The van der Waals surface area contributed by atoms with Crippen LogP contribution in [0.3, 0.4) is 0 Å². The van der Waals surface area contributed by atoms with Crippen LogP contribution in [0.5, 0.6) is 0 Å². The minimum atomic E-state index is -0.283. The second-order valence-electron chi connectivity index (χ2n) is 3.56. The third kappa shape index (κ3) is 2.87. The zero-order valence-corrected chi connectivity index (χ0v) is 9.05. The number of halogens is 1. The lowest BCUT2D eigenvalue weighted by atomic mass is 10.1. The van der Waals surface area contributed by atoms with E-state index >= 15 is 0 Å². The maximum absolute atomic E-state index is 12.7. The predicted octanol–water partition coefficient (Wildman–Crippen LogP) is 2.64. The van der Waals surface area contributed by atoms with Crippen LogP contribution in [0.25, 0.3) is 0 Å². The molecule has 0 atom stereocenters. The summed E-state index contributed by atoms with van der Waals surface area (Å²) in [6.07, 6.45) is 2.04. The molecule has 0 unspecified atom stereocenters. The molecule has 17 heavy (non-hydrogen) atoms. The van der Waals surface area contributed by atoms with Crippen LogP contribution in [0.1, 0.15) is 11.3 Å². The van der Waals surface area contributed by atoms with Gasteiger partial charge in [-0.15, -0.1) is 0 Å². The second-order valence-corrected chi connectivity index (χ2v) is 3.56. The molecule has 0 aliphatic rings. The average molecular weight is 230 g/mol. The summed E-state index contributed by atoms with van der Waals surface area (Å²) in [6.45, 7) is 0. The zero-order valence-electron chi connectivity index (χ0n) is 9.05. The number of hydrogen-bond donors (Lipinski definition) is 1. The first-order valence-corrected chi connectivity index (χ1v) is 5.16. The molecule has 1 heterocycles. The van der Waals surface area contributed by atoms with Gasteiger partial charge >= 0.3 is 0 Å². The molecule has 0 bridgehead atoms. The normalized spacial score (nSPS) is 11.5. The topological polar surface area (TPSA) is 45.5 Å². The lowest BCUT2D eigenvalue weighted by molar-refractivity contribution is 0.318. The molecule has 0 fully saturated rings. The second kappa shape index (κ2) is 5.21. The van der Waals surface area contributed by atoms with Gasteiger partial charge in [-0.3, -0.25) is 4.98 Å². The van der Waals surface area contributed by atoms with Crippen molar-refractivity contribution in [1.82, 2.24) is 4.98 Å². The Balaban J connectivity index is 2.19. The molecule has 0 aliphatic heterocycles. The molecule has 0 aliphatic carbocycles. The van der Waals surface area contributed by atoms with Crippen molar-refractivity contribution >= 4 is 5.71 Å². The Hall–Kier alpha value is -2.23. The molecule has 0 saturated carbocycles. The molecule has 3 nitrogen and oxygen atoms in total. The summed E-state index contributed by atoms with van der Waals surface area (Å²) < 4.78 is 12.7. The molecule has 1 N–H and O–H groups in total. The van der Waals surface area contributed by atoms with Crippen molar-refractivity contribution in [2.75, 3.05) is 0 Å². The molecule has 2 aromatic rings. The van der Waals surface area contributed by atoms with Crippen molar-refractivity contribution in [3.8, 4) is 0 Å². The van der Waals surface area contributed by atoms with E-state index in [0.29, 0.717) is 17.8 Å². The highest BCUT2D eigenvalue weighted by atomic mass is 19.1. The Morgan fingerprint density at radius 1 is 1.18 bits per heavy atom. The van der Waals surface area contributed by atoms with E-state index in [9.17, 15) is 4.39 Å². The molecule has 0 radical (unpaired) electrons. The van der Waals surface area contributed by atoms with Gasteiger partial charge in [0, 0.05) is 12.6 Å². The number of nitrogens with zero attached hydrogens (tertiary/aromatic N) is 2. The minimum absolute atomic E-state index is 0.283. The Labute approximate surface area is 98.2 Å². The average Bonchev–Trinajstić information content (AvgIpc) is 2.39. The van der Waals surface area contributed by atoms with Gasteiger partial charge in [0.1, 0.15) is 11.5 Å². The van der Waals surface area contributed by atoms with Gasteiger partial charge in [0.25, 0.3) is 0 Å². The fourth-order valence-corrected chi connectivity index (χ4v) is 1.51. The molecule has 2 rings (SSSR count). The number of rotatable bonds is 3. The van der Waals surface area contributed by atoms with Crippen LogP contribution in [-0.4, -0.2) is 15.9 Å². The lowest BCUT2D eigenvalue weighted by Crippen LogP contribution is -2.07. The Kier molecular flexibility index (Phi) is 3.45. The first-order chi connectivity index (χ1) is 8.29. The van der Waals surface area contributed by atoms with Gasteiger partial charge in [0.2, 0.25) is 0 Å². The van der Waals surface area contributed by atoms with Crippen LogP contribution in [0, 0.1) is 5.82 Å². The van der Waals surface area contributed by atoms with Crippen LogP contribution in [0.4, 0.5) is 4.39 Å². The summed E-state index contributed by atoms with van der Waals surface area (Å²) in [6, 6.07) is 11.4. The molecular formula is C13H11FN2O. The van der Waals surface area contributed by atoms with E-state index in [1.807, 2.05) is 6.07 Å². The summed E-state index contributed by atoms with van der Waals surface area (Å²) in [7, 11) is 0. The summed E-state index contributed by atoms with van der Waals surface area (Å²) in [5, 5.41) is 12.2. The van der Waals surface area contributed by atoms with Crippen molar-refractivity contribution in [3.05, 3.63) is 65.7 Å². The van der Waals surface area contributed by atoms with Gasteiger partial charge < -0.3 is 5.21 Å². The van der Waals surface area contributed by atoms with Crippen molar-refractivity contribution in [2.45, 2.75) is 6.42 Å². The van der Waals surface area contributed by atoms with Gasteiger partial charge in [-0.2, -0.15) is 0 Å². The third-order valence-electron chi connectivity index (χ3n) is 2.37. The maximum Gasteiger partial charge on any atom is 0.123 e. The number of benzene rings is 1. The van der Waals surface area contributed by atoms with Crippen molar-refractivity contribution in [1.29, 1.82) is 0 Å². The van der Waals surface area contributed by atoms with Crippen molar-refractivity contribution < 1.29 is 9.60 Å². The number of oxime groups is 1. The Morgan fingerprint density at radius 3 is 2.53 bits per heavy atom. The monoisotopic (exact) mass is 230 g/mol. The first kappa shape index (κ1) is 11.3. The lowest BCUT2D eigenvalue weighted by Gasteiger charge is -2.03. The summed E-state index contributed by atoms with van der Waals surface area (Å²) in [4.78, 5) is 4.10. The highest BCUT2D eigenvalue weighted by Crippen LogP contribution is 2.08. The molecule has 0 amide bonds. The Morgan fingerprint density at radius 2 is 1.94 bits per heavy atom. The van der Waals surface area contributed by atoms with Crippen LogP contribution < -0.4 is 0 Å². The number of aromatic nitrogens is 1. The standard InChI is InChI=1S/C13H11FN2O/c14-11-6-4-10(5-7-11)9-13(16-17)12-3-1-2-8-15-12/h1-8,17H,9H2/b16-13-. The number of hydrogen-bond acceptors (Lipinski definition) is 3. The molecular weight excluding hydrogens is 219 g/mol. The van der Waals surface area contributed by atoms with Crippen molar-refractivity contribution in [3.63, 3.8) is 0 Å². The quantitative estimate of drug-likeness (QED) is 0.500. The van der Waals surface area contributed by atoms with Crippen LogP contribution in [-0.2, 0) is 6.42 Å². The van der Waals surface area contributed by atoms with E-state index in [4.69, 9.17) is 5.21 Å². The van der Waals surface area contributed by atoms with Crippen LogP contribution in [0.15, 0.2) is 53.8 Å². The molecule has 4 heteroatoms. The van der Waals surface area contributed by atoms with E-state index in [2.05, 4.69) is 10.1 Å². The van der Waals surface area contributed by atoms with E-state index in [1.54, 1.807) is 30.5 Å². The minimum Gasteiger partial charge on any atom is -0.411 e. The van der Waals surface area contributed by atoms with Crippen LogP contribution in [0.2, 0.25) is 0 Å². The van der Waals surface area contributed by atoms with Gasteiger partial charge in [-0.25, -0.2) is 4.39 Å². The van der Waals surface area contributed by atoms with Crippen molar-refractivity contribution in [2.24, 2.45) is 5.16 Å². The molecule has 0 saturated heterocycles. The van der Waals surface area contributed by atoms with Gasteiger partial charge in [-0.1, -0.05) is 23.4 Å². The van der Waals surface area contributed by atoms with Gasteiger partial charge in [0.15, 0.2) is 0 Å². The third-order valence-corrected chi connectivity index (χ3v) is 2.37. The number of pyridine rings is 1. The molecule has 0 spiro atoms. The van der Waals surface area contributed by atoms with E-state index in [1.165, 1.54) is 12.1 Å². The van der Waals surface area contributed by atoms with E-state index in [-0.39, 0.29) is 5.82 Å². The first-order valence-electron chi connectivity index (χ1n) is 5.16. The largest absolute Gasteiger partial charge is 0.411 e. The molecule has 1 aromatic carbocycles. The fraction of sp³-hybridized carbons (Fsp3) is 0.0769. The maximum atomic E-state index is 12.7. The smallest absolute Gasteiger partial charge is 0.123 e.